The van der Waals surface area contributed by atoms with Gasteiger partial charge in [0, 0.05) is 11.5 Å². The van der Waals surface area contributed by atoms with Crippen LogP contribution in [0.1, 0.15) is 56.6 Å². The highest BCUT2D eigenvalue weighted by atomic mass is 19.2. The van der Waals surface area contributed by atoms with Gasteiger partial charge in [-0.1, -0.05) is 25.5 Å². The van der Waals surface area contributed by atoms with E-state index in [1.807, 2.05) is 24.3 Å². The lowest BCUT2D eigenvalue weighted by Gasteiger charge is -2.29. The molecule has 2 aromatic rings. The van der Waals surface area contributed by atoms with Crippen molar-refractivity contribution >= 4 is 0 Å². The Kier molecular flexibility index (Phi) is 7.26. The number of hydrogen-bond donors (Lipinski definition) is 0. The highest BCUT2D eigenvalue weighted by Gasteiger charge is 2.22. The van der Waals surface area contributed by atoms with Crippen LogP contribution >= 0.6 is 0 Å². The maximum Gasteiger partial charge on any atom is 0.201 e. The zero-order chi connectivity index (χ0) is 19.9. The molecule has 28 heavy (non-hydrogen) atoms. The Balaban J connectivity index is 1.56. The van der Waals surface area contributed by atoms with Crippen molar-refractivity contribution < 1.29 is 23.0 Å². The van der Waals surface area contributed by atoms with Gasteiger partial charge in [0.15, 0.2) is 11.6 Å². The Morgan fingerprint density at radius 1 is 0.964 bits per heavy atom. The van der Waals surface area contributed by atoms with Crippen LogP contribution in [0.2, 0.25) is 0 Å². The van der Waals surface area contributed by atoms with Gasteiger partial charge in [-0.2, -0.15) is 4.39 Å². The molecule has 2 unspecified atom stereocenters. The van der Waals surface area contributed by atoms with Gasteiger partial charge >= 0.3 is 0 Å². The third kappa shape index (κ3) is 5.02. The van der Waals surface area contributed by atoms with Gasteiger partial charge in [-0.25, -0.2) is 4.39 Å². The van der Waals surface area contributed by atoms with Crippen LogP contribution in [0.5, 0.6) is 11.5 Å². The van der Waals surface area contributed by atoms with Crippen LogP contribution in [0, 0.1) is 11.6 Å². The van der Waals surface area contributed by atoms with Crippen molar-refractivity contribution in [3.63, 3.8) is 0 Å². The molecule has 1 aliphatic rings. The van der Waals surface area contributed by atoms with Crippen LogP contribution < -0.4 is 9.47 Å². The standard InChI is InChI=1S/C23H28F2O3/c1-3-5-19-12-8-17(14-27-19)16-6-10-20(11-7-16)28-15-18-9-13-21(26-4-2)23(25)22(18)24/h6-7,9-11,13,17,19H,3-5,8,12,14-15H2,1-2H3. The van der Waals surface area contributed by atoms with Crippen LogP contribution in [0.15, 0.2) is 36.4 Å². The summed E-state index contributed by atoms with van der Waals surface area (Å²) in [6.45, 7) is 4.90. The summed E-state index contributed by atoms with van der Waals surface area (Å²) in [4.78, 5) is 0. The largest absolute Gasteiger partial charge is 0.491 e. The minimum Gasteiger partial charge on any atom is -0.491 e. The molecule has 0 saturated carbocycles. The summed E-state index contributed by atoms with van der Waals surface area (Å²) in [6, 6.07) is 10.7. The summed E-state index contributed by atoms with van der Waals surface area (Å²) >= 11 is 0. The van der Waals surface area contributed by atoms with Gasteiger partial charge in [0.25, 0.3) is 0 Å². The molecule has 0 radical (unpaired) electrons. The smallest absolute Gasteiger partial charge is 0.201 e. The SMILES string of the molecule is CCCC1CCC(c2ccc(OCc3ccc(OCC)c(F)c3F)cc2)CO1. The molecule has 152 valence electrons. The third-order valence-corrected chi connectivity index (χ3v) is 5.15. The number of rotatable bonds is 8. The normalized spacial score (nSPS) is 19.4. The first-order valence-electron chi connectivity index (χ1n) is 10.1. The first-order valence-corrected chi connectivity index (χ1v) is 10.1. The lowest BCUT2D eigenvalue weighted by atomic mass is 9.90. The lowest BCUT2D eigenvalue weighted by Crippen LogP contribution is -2.24. The van der Waals surface area contributed by atoms with Crippen LogP contribution in [-0.4, -0.2) is 19.3 Å². The molecule has 3 nitrogen and oxygen atoms in total. The molecule has 1 saturated heterocycles. The van der Waals surface area contributed by atoms with Gasteiger partial charge in [-0.3, -0.25) is 0 Å². The van der Waals surface area contributed by atoms with Gasteiger partial charge in [0.1, 0.15) is 12.4 Å². The van der Waals surface area contributed by atoms with Crippen molar-refractivity contribution in [2.24, 2.45) is 0 Å². The van der Waals surface area contributed by atoms with Gasteiger partial charge in [-0.15, -0.1) is 0 Å². The van der Waals surface area contributed by atoms with Crippen LogP contribution in [0.3, 0.4) is 0 Å². The van der Waals surface area contributed by atoms with E-state index in [9.17, 15) is 8.78 Å². The molecule has 0 spiro atoms. The minimum absolute atomic E-state index is 0.0419. The Morgan fingerprint density at radius 3 is 2.39 bits per heavy atom. The van der Waals surface area contributed by atoms with E-state index in [0.717, 1.165) is 32.3 Å². The zero-order valence-electron chi connectivity index (χ0n) is 16.5. The average molecular weight is 390 g/mol. The predicted octanol–water partition coefficient (Wildman–Crippen LogP) is 6.01. The second-order valence-electron chi connectivity index (χ2n) is 7.16. The van der Waals surface area contributed by atoms with E-state index in [2.05, 4.69) is 6.92 Å². The molecule has 1 fully saturated rings. The Hall–Kier alpha value is -2.14. The fourth-order valence-electron chi connectivity index (χ4n) is 3.57. The first-order chi connectivity index (χ1) is 13.6. The van der Waals surface area contributed by atoms with E-state index < -0.39 is 11.6 Å². The fraction of sp³-hybridized carbons (Fsp3) is 0.478. The molecule has 1 heterocycles. The van der Waals surface area contributed by atoms with E-state index in [0.29, 0.717) is 17.8 Å². The maximum absolute atomic E-state index is 14.1. The Labute approximate surface area is 165 Å². The molecule has 2 atom stereocenters. The van der Waals surface area contributed by atoms with Gasteiger partial charge in [-0.05, 0) is 56.0 Å². The van der Waals surface area contributed by atoms with Crippen molar-refractivity contribution in [1.82, 2.24) is 0 Å². The molecule has 0 amide bonds. The second kappa shape index (κ2) is 9.87. The van der Waals surface area contributed by atoms with Gasteiger partial charge < -0.3 is 14.2 Å². The summed E-state index contributed by atoms with van der Waals surface area (Å²) < 4.78 is 44.7. The molecule has 2 aromatic carbocycles. The molecule has 0 aliphatic carbocycles. The molecule has 0 aromatic heterocycles. The molecule has 0 bridgehead atoms. The zero-order valence-corrected chi connectivity index (χ0v) is 16.5. The third-order valence-electron chi connectivity index (χ3n) is 5.15. The Bertz CT molecular complexity index is 753. The number of hydrogen-bond acceptors (Lipinski definition) is 3. The van der Waals surface area contributed by atoms with E-state index in [1.165, 1.54) is 17.7 Å². The maximum atomic E-state index is 14.1. The Morgan fingerprint density at radius 2 is 1.75 bits per heavy atom. The number of benzene rings is 2. The lowest BCUT2D eigenvalue weighted by molar-refractivity contribution is -0.00112. The summed E-state index contributed by atoms with van der Waals surface area (Å²) in [5.74, 6) is -0.956. The van der Waals surface area contributed by atoms with Crippen LogP contribution in [0.25, 0.3) is 0 Å². The number of halogens is 2. The molecule has 0 N–H and O–H groups in total. The summed E-state index contributed by atoms with van der Waals surface area (Å²) in [5, 5.41) is 0. The molecular formula is C23H28F2O3. The van der Waals surface area contributed by atoms with Crippen molar-refractivity contribution in [1.29, 1.82) is 0 Å². The topological polar surface area (TPSA) is 27.7 Å². The summed E-state index contributed by atoms with van der Waals surface area (Å²) in [5.41, 5.74) is 1.38. The number of ether oxygens (including phenoxy) is 3. The van der Waals surface area contributed by atoms with E-state index in [-0.39, 0.29) is 24.5 Å². The highest BCUT2D eigenvalue weighted by Crippen LogP contribution is 2.31. The van der Waals surface area contributed by atoms with Crippen molar-refractivity contribution in [3.8, 4) is 11.5 Å². The van der Waals surface area contributed by atoms with Crippen molar-refractivity contribution in [3.05, 3.63) is 59.2 Å². The average Bonchev–Trinajstić information content (AvgIpc) is 2.72. The fourth-order valence-corrected chi connectivity index (χ4v) is 3.57. The minimum atomic E-state index is -0.975. The molecular weight excluding hydrogens is 362 g/mol. The van der Waals surface area contributed by atoms with E-state index >= 15 is 0 Å². The first kappa shape index (κ1) is 20.6. The van der Waals surface area contributed by atoms with Gasteiger partial charge in [0.05, 0.1) is 19.3 Å². The van der Waals surface area contributed by atoms with Crippen molar-refractivity contribution in [2.45, 2.75) is 58.2 Å². The molecule has 1 aliphatic heterocycles. The highest BCUT2D eigenvalue weighted by molar-refractivity contribution is 5.32. The molecule has 3 rings (SSSR count). The summed E-state index contributed by atoms with van der Waals surface area (Å²) in [7, 11) is 0. The van der Waals surface area contributed by atoms with Crippen LogP contribution in [0.4, 0.5) is 8.78 Å². The van der Waals surface area contributed by atoms with Crippen molar-refractivity contribution in [2.75, 3.05) is 13.2 Å². The summed E-state index contributed by atoms with van der Waals surface area (Å²) in [6.07, 6.45) is 4.90. The monoisotopic (exact) mass is 390 g/mol. The van der Waals surface area contributed by atoms with Crippen LogP contribution in [-0.2, 0) is 11.3 Å². The predicted molar refractivity (Wildman–Crippen MR) is 105 cm³/mol. The van der Waals surface area contributed by atoms with Gasteiger partial charge in [0.2, 0.25) is 5.82 Å². The second-order valence-corrected chi connectivity index (χ2v) is 7.16. The quantitative estimate of drug-likeness (QED) is 0.553. The van der Waals surface area contributed by atoms with E-state index in [1.54, 1.807) is 6.92 Å². The molecule has 5 heteroatoms. The van der Waals surface area contributed by atoms with E-state index in [4.69, 9.17) is 14.2 Å².